The minimum atomic E-state index is -0.670. The molecule has 6 nitrogen and oxygen atoms in total. The molecule has 0 saturated carbocycles. The average molecular weight is 405 g/mol. The van der Waals surface area contributed by atoms with Crippen molar-refractivity contribution in [1.82, 2.24) is 10.3 Å². The Morgan fingerprint density at radius 3 is 2.36 bits per heavy atom. The van der Waals surface area contributed by atoms with E-state index in [4.69, 9.17) is 16.3 Å². The Morgan fingerprint density at radius 2 is 1.82 bits per heavy atom. The Labute approximate surface area is 169 Å². The molecule has 1 aromatic carbocycles. The zero-order valence-corrected chi connectivity index (χ0v) is 17.4. The first-order valence-electron chi connectivity index (χ1n) is 9.06. The summed E-state index contributed by atoms with van der Waals surface area (Å²) in [5, 5.41) is 3.29. The number of aromatic amines is 1. The Kier molecular flexibility index (Phi) is 7.02. The normalized spacial score (nSPS) is 12.0. The molecule has 0 aliphatic rings. The summed E-state index contributed by atoms with van der Waals surface area (Å²) in [6.45, 7) is 8.43. The van der Waals surface area contributed by atoms with Crippen molar-refractivity contribution in [1.29, 1.82) is 0 Å². The number of carbonyl (C=O) groups is 3. The van der Waals surface area contributed by atoms with E-state index in [0.29, 0.717) is 27.4 Å². The molecule has 1 atom stereocenters. The number of aromatic nitrogens is 1. The number of ketones is 1. The molecule has 7 heteroatoms. The minimum absolute atomic E-state index is 0.0635. The Balaban J connectivity index is 2.33. The number of benzene rings is 1. The van der Waals surface area contributed by atoms with Crippen LogP contribution in [0.4, 0.5) is 0 Å². The van der Waals surface area contributed by atoms with Crippen molar-refractivity contribution in [2.45, 2.75) is 53.2 Å². The molecule has 2 rings (SSSR count). The summed E-state index contributed by atoms with van der Waals surface area (Å²) in [4.78, 5) is 39.9. The summed E-state index contributed by atoms with van der Waals surface area (Å²) in [6, 6.07) is 6.34. The number of aryl methyl sites for hydroxylation is 1. The SMILES string of the molecule is CC(=O)c1c(C)[nH]c(C(=O)NC(CC(=O)OC(C)C)c2ccccc2Cl)c1C. The molecule has 0 aliphatic heterocycles. The van der Waals surface area contributed by atoms with Gasteiger partial charge in [-0.05, 0) is 51.8 Å². The molecule has 0 spiro atoms. The van der Waals surface area contributed by atoms with Gasteiger partial charge in [-0.2, -0.15) is 0 Å². The van der Waals surface area contributed by atoms with E-state index in [1.165, 1.54) is 6.92 Å². The van der Waals surface area contributed by atoms with Crippen LogP contribution in [0.2, 0.25) is 5.02 Å². The molecule has 1 amide bonds. The molecule has 1 aromatic heterocycles. The van der Waals surface area contributed by atoms with Crippen molar-refractivity contribution in [2.24, 2.45) is 0 Å². The van der Waals surface area contributed by atoms with Crippen LogP contribution in [0.1, 0.15) is 70.9 Å². The van der Waals surface area contributed by atoms with Crippen molar-refractivity contribution >= 4 is 29.3 Å². The van der Waals surface area contributed by atoms with Gasteiger partial charge in [-0.25, -0.2) is 0 Å². The van der Waals surface area contributed by atoms with Gasteiger partial charge in [0.2, 0.25) is 0 Å². The topological polar surface area (TPSA) is 88.3 Å². The van der Waals surface area contributed by atoms with E-state index in [9.17, 15) is 14.4 Å². The fourth-order valence-electron chi connectivity index (χ4n) is 3.21. The molecule has 0 bridgehead atoms. The van der Waals surface area contributed by atoms with Gasteiger partial charge in [0.15, 0.2) is 5.78 Å². The van der Waals surface area contributed by atoms with Crippen molar-refractivity contribution in [2.75, 3.05) is 0 Å². The first-order valence-corrected chi connectivity index (χ1v) is 9.44. The lowest BCUT2D eigenvalue weighted by molar-refractivity contribution is -0.147. The van der Waals surface area contributed by atoms with E-state index in [0.717, 1.165) is 0 Å². The maximum Gasteiger partial charge on any atom is 0.308 e. The van der Waals surface area contributed by atoms with E-state index in [2.05, 4.69) is 10.3 Å². The highest BCUT2D eigenvalue weighted by atomic mass is 35.5. The number of hydrogen-bond donors (Lipinski definition) is 2. The predicted molar refractivity (Wildman–Crippen MR) is 108 cm³/mol. The van der Waals surface area contributed by atoms with Crippen LogP contribution in [0.3, 0.4) is 0 Å². The molecule has 0 aliphatic carbocycles. The molecule has 150 valence electrons. The van der Waals surface area contributed by atoms with Gasteiger partial charge in [0.05, 0.1) is 18.6 Å². The highest BCUT2D eigenvalue weighted by Gasteiger charge is 2.25. The van der Waals surface area contributed by atoms with Crippen LogP contribution in [0.25, 0.3) is 0 Å². The van der Waals surface area contributed by atoms with Crippen LogP contribution < -0.4 is 5.32 Å². The van der Waals surface area contributed by atoms with E-state index in [-0.39, 0.29) is 24.0 Å². The van der Waals surface area contributed by atoms with E-state index < -0.39 is 17.9 Å². The number of Topliss-reactive ketones (excluding diaryl/α,β-unsaturated/α-hetero) is 1. The number of hydrogen-bond acceptors (Lipinski definition) is 4. The van der Waals surface area contributed by atoms with E-state index in [1.54, 1.807) is 52.0 Å². The molecule has 1 unspecified atom stereocenters. The van der Waals surface area contributed by atoms with Gasteiger partial charge in [0.25, 0.3) is 5.91 Å². The number of nitrogens with one attached hydrogen (secondary N) is 2. The Bertz CT molecular complexity index is 902. The molecular weight excluding hydrogens is 380 g/mol. The number of halogens is 1. The van der Waals surface area contributed by atoms with Crippen LogP contribution in [0, 0.1) is 13.8 Å². The molecule has 0 fully saturated rings. The zero-order valence-electron chi connectivity index (χ0n) is 16.7. The molecule has 2 aromatic rings. The first-order chi connectivity index (χ1) is 13.1. The fraction of sp³-hybridized carbons (Fsp3) is 0.381. The third-order valence-electron chi connectivity index (χ3n) is 4.34. The first kappa shape index (κ1) is 21.7. The van der Waals surface area contributed by atoms with Crippen LogP contribution in [0.5, 0.6) is 0 Å². The monoisotopic (exact) mass is 404 g/mol. The van der Waals surface area contributed by atoms with Gasteiger partial charge in [-0.1, -0.05) is 29.8 Å². The van der Waals surface area contributed by atoms with Gasteiger partial charge in [-0.3, -0.25) is 14.4 Å². The molecule has 2 N–H and O–H groups in total. The quantitative estimate of drug-likeness (QED) is 0.532. The second-order valence-electron chi connectivity index (χ2n) is 6.97. The van der Waals surface area contributed by atoms with Gasteiger partial charge in [-0.15, -0.1) is 0 Å². The van der Waals surface area contributed by atoms with Crippen molar-refractivity contribution < 1.29 is 19.1 Å². The number of rotatable bonds is 7. The third kappa shape index (κ3) is 5.01. The standard InChI is InChI=1S/C21H25ClN2O4/c1-11(2)28-18(26)10-17(15-8-6-7-9-16(15)22)24-21(27)20-12(3)19(14(5)25)13(4)23-20/h6-9,11,17,23H,10H2,1-5H3,(H,24,27). The summed E-state index contributed by atoms with van der Waals surface area (Å²) in [5.41, 5.74) is 2.61. The summed E-state index contributed by atoms with van der Waals surface area (Å²) in [7, 11) is 0. The predicted octanol–water partition coefficient (Wildman–Crippen LogP) is 4.30. The Hall–Kier alpha value is -2.60. The van der Waals surface area contributed by atoms with Gasteiger partial charge in [0, 0.05) is 16.3 Å². The lowest BCUT2D eigenvalue weighted by atomic mass is 10.0. The molecule has 28 heavy (non-hydrogen) atoms. The number of amides is 1. The van der Waals surface area contributed by atoms with E-state index in [1.807, 2.05) is 0 Å². The van der Waals surface area contributed by atoms with Crippen LogP contribution >= 0.6 is 11.6 Å². The highest BCUT2D eigenvalue weighted by Crippen LogP contribution is 2.27. The summed E-state index contributed by atoms with van der Waals surface area (Å²) in [6.07, 6.45) is -0.326. The van der Waals surface area contributed by atoms with Gasteiger partial charge < -0.3 is 15.0 Å². The second kappa shape index (κ2) is 9.06. The van der Waals surface area contributed by atoms with Crippen molar-refractivity contribution in [3.05, 3.63) is 57.4 Å². The fourth-order valence-corrected chi connectivity index (χ4v) is 3.48. The molecular formula is C21H25ClN2O4. The lowest BCUT2D eigenvalue weighted by Gasteiger charge is -2.20. The Morgan fingerprint density at radius 1 is 1.18 bits per heavy atom. The zero-order chi connectivity index (χ0) is 21.0. The average Bonchev–Trinajstić information content (AvgIpc) is 2.88. The maximum absolute atomic E-state index is 12.9. The van der Waals surface area contributed by atoms with Crippen LogP contribution in [-0.2, 0) is 9.53 Å². The highest BCUT2D eigenvalue weighted by molar-refractivity contribution is 6.31. The van der Waals surface area contributed by atoms with E-state index >= 15 is 0 Å². The third-order valence-corrected chi connectivity index (χ3v) is 4.68. The van der Waals surface area contributed by atoms with Gasteiger partial charge in [0.1, 0.15) is 5.69 Å². The smallest absolute Gasteiger partial charge is 0.308 e. The largest absolute Gasteiger partial charge is 0.463 e. The summed E-state index contributed by atoms with van der Waals surface area (Å²) < 4.78 is 5.22. The van der Waals surface area contributed by atoms with Crippen molar-refractivity contribution in [3.63, 3.8) is 0 Å². The van der Waals surface area contributed by atoms with Crippen molar-refractivity contribution in [3.8, 4) is 0 Å². The minimum Gasteiger partial charge on any atom is -0.463 e. The summed E-state index contributed by atoms with van der Waals surface area (Å²) in [5.74, 6) is -0.979. The summed E-state index contributed by atoms with van der Waals surface area (Å²) >= 11 is 6.28. The number of carbonyl (C=O) groups excluding carboxylic acids is 3. The van der Waals surface area contributed by atoms with Crippen LogP contribution in [-0.4, -0.2) is 28.7 Å². The second-order valence-corrected chi connectivity index (χ2v) is 7.38. The molecule has 0 saturated heterocycles. The molecule has 0 radical (unpaired) electrons. The number of ether oxygens (including phenoxy) is 1. The number of H-pyrrole nitrogens is 1. The lowest BCUT2D eigenvalue weighted by Crippen LogP contribution is -2.32. The number of esters is 1. The maximum atomic E-state index is 12.9. The molecule has 1 heterocycles. The van der Waals surface area contributed by atoms with Crippen LogP contribution in [0.15, 0.2) is 24.3 Å². The van der Waals surface area contributed by atoms with Gasteiger partial charge >= 0.3 is 5.97 Å².